The molecule has 4 nitrogen and oxygen atoms in total. The fourth-order valence-electron chi connectivity index (χ4n) is 3.73. The fraction of sp³-hybridized carbons (Fsp3) is 1.00. The first-order chi connectivity index (χ1) is 7.68. The van der Waals surface area contributed by atoms with Crippen molar-refractivity contribution in [1.29, 1.82) is 0 Å². The van der Waals surface area contributed by atoms with Gasteiger partial charge in [-0.2, -0.15) is 0 Å². The van der Waals surface area contributed by atoms with E-state index in [1.165, 1.54) is 0 Å². The van der Waals surface area contributed by atoms with E-state index in [0.717, 1.165) is 6.42 Å². The standard InChI is InChI=1S/C13H25NO3/c1-10(2)7-13(15,11(3,4)17-10)12(8-14)5-6-16-9-12/h15H,5-9,14H2,1-4H3. The Hall–Kier alpha value is -0.160. The minimum Gasteiger partial charge on any atom is -0.386 e. The van der Waals surface area contributed by atoms with Crippen molar-refractivity contribution in [2.24, 2.45) is 11.1 Å². The zero-order chi connectivity index (χ0) is 12.9. The second-order valence-corrected chi connectivity index (χ2v) is 6.70. The zero-order valence-electron chi connectivity index (χ0n) is 11.4. The molecule has 0 bridgehead atoms. The van der Waals surface area contributed by atoms with Gasteiger partial charge in [0, 0.05) is 25.0 Å². The molecule has 4 heteroatoms. The Morgan fingerprint density at radius 1 is 1.24 bits per heavy atom. The van der Waals surface area contributed by atoms with E-state index in [9.17, 15) is 5.11 Å². The summed E-state index contributed by atoms with van der Waals surface area (Å²) in [6, 6.07) is 0. The van der Waals surface area contributed by atoms with Crippen molar-refractivity contribution in [3.05, 3.63) is 0 Å². The summed E-state index contributed by atoms with van der Waals surface area (Å²) in [4.78, 5) is 0. The summed E-state index contributed by atoms with van der Waals surface area (Å²) in [5, 5.41) is 11.2. The molecule has 2 unspecified atom stereocenters. The van der Waals surface area contributed by atoms with Gasteiger partial charge in [-0.1, -0.05) is 0 Å². The predicted molar refractivity (Wildman–Crippen MR) is 65.7 cm³/mol. The van der Waals surface area contributed by atoms with Crippen molar-refractivity contribution in [2.75, 3.05) is 19.8 Å². The van der Waals surface area contributed by atoms with Gasteiger partial charge in [0.05, 0.1) is 17.8 Å². The van der Waals surface area contributed by atoms with Gasteiger partial charge in [-0.15, -0.1) is 0 Å². The summed E-state index contributed by atoms with van der Waals surface area (Å²) >= 11 is 0. The first-order valence-electron chi connectivity index (χ1n) is 6.39. The van der Waals surface area contributed by atoms with Gasteiger partial charge in [0.15, 0.2) is 0 Å². The number of ether oxygens (including phenoxy) is 2. The van der Waals surface area contributed by atoms with Crippen molar-refractivity contribution < 1.29 is 14.6 Å². The average molecular weight is 243 g/mol. The Kier molecular flexibility index (Phi) is 2.86. The third-order valence-corrected chi connectivity index (χ3v) is 4.58. The second-order valence-electron chi connectivity index (χ2n) is 6.70. The highest BCUT2D eigenvalue weighted by Gasteiger charge is 2.66. The average Bonchev–Trinajstić information content (AvgIpc) is 2.69. The zero-order valence-corrected chi connectivity index (χ0v) is 11.4. The Balaban J connectivity index is 2.41. The van der Waals surface area contributed by atoms with Crippen LogP contribution in [0.15, 0.2) is 0 Å². The van der Waals surface area contributed by atoms with Crippen LogP contribution in [-0.4, -0.2) is 41.7 Å². The van der Waals surface area contributed by atoms with E-state index in [1.807, 2.05) is 27.7 Å². The van der Waals surface area contributed by atoms with Crippen molar-refractivity contribution >= 4 is 0 Å². The van der Waals surface area contributed by atoms with Gasteiger partial charge in [-0.3, -0.25) is 0 Å². The SMILES string of the molecule is CC1(C)CC(O)(C2(CN)CCOC2)C(C)(C)O1. The van der Waals surface area contributed by atoms with E-state index in [0.29, 0.717) is 26.2 Å². The molecule has 17 heavy (non-hydrogen) atoms. The molecule has 0 spiro atoms. The lowest BCUT2D eigenvalue weighted by molar-refractivity contribution is -0.176. The summed E-state index contributed by atoms with van der Waals surface area (Å²) in [6.45, 7) is 9.60. The summed E-state index contributed by atoms with van der Waals surface area (Å²) in [5.41, 5.74) is 3.75. The van der Waals surface area contributed by atoms with E-state index in [1.54, 1.807) is 0 Å². The maximum absolute atomic E-state index is 11.2. The van der Waals surface area contributed by atoms with E-state index in [-0.39, 0.29) is 11.0 Å². The lowest BCUT2D eigenvalue weighted by Crippen LogP contribution is -2.62. The molecule has 0 radical (unpaired) electrons. The number of hydrogen-bond acceptors (Lipinski definition) is 4. The topological polar surface area (TPSA) is 64.7 Å². The normalized spacial score (nSPS) is 44.1. The van der Waals surface area contributed by atoms with Gasteiger partial charge >= 0.3 is 0 Å². The monoisotopic (exact) mass is 243 g/mol. The maximum Gasteiger partial charge on any atom is 0.105 e. The van der Waals surface area contributed by atoms with Crippen LogP contribution in [0.5, 0.6) is 0 Å². The Morgan fingerprint density at radius 3 is 2.24 bits per heavy atom. The van der Waals surface area contributed by atoms with Gasteiger partial charge in [0.2, 0.25) is 0 Å². The number of hydrogen-bond donors (Lipinski definition) is 2. The highest BCUT2D eigenvalue weighted by atomic mass is 16.6. The molecule has 3 N–H and O–H groups in total. The largest absolute Gasteiger partial charge is 0.386 e. The molecule has 2 saturated heterocycles. The van der Waals surface area contributed by atoms with Crippen molar-refractivity contribution in [1.82, 2.24) is 0 Å². The van der Waals surface area contributed by atoms with E-state index >= 15 is 0 Å². The Morgan fingerprint density at radius 2 is 1.88 bits per heavy atom. The smallest absolute Gasteiger partial charge is 0.105 e. The van der Waals surface area contributed by atoms with Gasteiger partial charge < -0.3 is 20.3 Å². The molecule has 100 valence electrons. The molecule has 2 rings (SSSR count). The molecule has 2 atom stereocenters. The van der Waals surface area contributed by atoms with Crippen LogP contribution in [0.1, 0.15) is 40.5 Å². The van der Waals surface area contributed by atoms with Gasteiger partial charge in [-0.05, 0) is 34.1 Å². The summed E-state index contributed by atoms with van der Waals surface area (Å²) < 4.78 is 11.5. The molecule has 2 aliphatic heterocycles. The van der Waals surface area contributed by atoms with E-state index in [4.69, 9.17) is 15.2 Å². The summed E-state index contributed by atoms with van der Waals surface area (Å²) in [7, 11) is 0. The molecule has 2 aliphatic rings. The van der Waals surface area contributed by atoms with Gasteiger partial charge in [-0.25, -0.2) is 0 Å². The minimum absolute atomic E-state index is 0.316. The van der Waals surface area contributed by atoms with Crippen molar-refractivity contribution in [3.63, 3.8) is 0 Å². The third kappa shape index (κ3) is 1.73. The Bertz CT molecular complexity index is 308. The third-order valence-electron chi connectivity index (χ3n) is 4.58. The minimum atomic E-state index is -0.922. The number of nitrogens with two attached hydrogens (primary N) is 1. The quantitative estimate of drug-likeness (QED) is 0.761. The van der Waals surface area contributed by atoms with Crippen LogP contribution in [-0.2, 0) is 9.47 Å². The molecule has 0 saturated carbocycles. The summed E-state index contributed by atoms with van der Waals surface area (Å²) in [6.07, 6.45) is 1.41. The molecule has 0 aromatic heterocycles. The number of aliphatic hydroxyl groups is 1. The molecule has 0 aromatic rings. The highest BCUT2D eigenvalue weighted by molar-refractivity contribution is 5.16. The van der Waals surface area contributed by atoms with Crippen LogP contribution in [0.3, 0.4) is 0 Å². The summed E-state index contributed by atoms with van der Waals surface area (Å²) in [5.74, 6) is 0. The van der Waals surface area contributed by atoms with Gasteiger partial charge in [0.1, 0.15) is 5.60 Å². The molecule has 2 heterocycles. The van der Waals surface area contributed by atoms with E-state index < -0.39 is 11.2 Å². The predicted octanol–water partition coefficient (Wildman–Crippen LogP) is 1.06. The van der Waals surface area contributed by atoms with Crippen LogP contribution in [0, 0.1) is 5.41 Å². The van der Waals surface area contributed by atoms with Crippen molar-refractivity contribution in [3.8, 4) is 0 Å². The van der Waals surface area contributed by atoms with Crippen LogP contribution in [0.2, 0.25) is 0 Å². The maximum atomic E-state index is 11.2. The second kappa shape index (κ2) is 3.67. The molecular weight excluding hydrogens is 218 g/mol. The van der Waals surface area contributed by atoms with Gasteiger partial charge in [0.25, 0.3) is 0 Å². The van der Waals surface area contributed by atoms with E-state index in [2.05, 4.69) is 0 Å². The molecule has 0 aliphatic carbocycles. The first-order valence-corrected chi connectivity index (χ1v) is 6.39. The lowest BCUT2D eigenvalue weighted by atomic mass is 9.62. The number of rotatable bonds is 2. The Labute approximate surface area is 103 Å². The van der Waals surface area contributed by atoms with Crippen LogP contribution in [0.4, 0.5) is 0 Å². The van der Waals surface area contributed by atoms with Crippen LogP contribution in [0.25, 0.3) is 0 Å². The fourth-order valence-corrected chi connectivity index (χ4v) is 3.73. The molecule has 0 aromatic carbocycles. The van der Waals surface area contributed by atoms with Crippen LogP contribution >= 0.6 is 0 Å². The molecule has 0 amide bonds. The lowest BCUT2D eigenvalue weighted by Gasteiger charge is -2.47. The molecule has 2 fully saturated rings. The highest BCUT2D eigenvalue weighted by Crippen LogP contribution is 2.55. The van der Waals surface area contributed by atoms with Crippen molar-refractivity contribution in [2.45, 2.75) is 57.3 Å². The molecular formula is C13H25NO3. The van der Waals surface area contributed by atoms with Crippen LogP contribution < -0.4 is 5.73 Å². The first kappa shape index (κ1) is 13.3.